The van der Waals surface area contributed by atoms with Crippen LogP contribution in [-0.4, -0.2) is 42.8 Å². The number of nitrogens with two attached hydrogens (primary N) is 1. The van der Waals surface area contributed by atoms with Crippen LogP contribution in [0.4, 0.5) is 0 Å². The Morgan fingerprint density at radius 3 is 2.42 bits per heavy atom. The maximum absolute atomic E-state index is 6.44. The fraction of sp³-hybridized carbons (Fsp3) is 0.600. The van der Waals surface area contributed by atoms with Crippen molar-refractivity contribution >= 4 is 11.6 Å². The van der Waals surface area contributed by atoms with Crippen molar-refractivity contribution < 1.29 is 4.74 Å². The molecule has 1 aliphatic heterocycles. The summed E-state index contributed by atoms with van der Waals surface area (Å²) in [5, 5.41) is 0.768. The summed E-state index contributed by atoms with van der Waals surface area (Å²) in [5.74, 6) is 0. The third-order valence-electron chi connectivity index (χ3n) is 4.10. The zero-order valence-corrected chi connectivity index (χ0v) is 12.5. The molecule has 0 aromatic heterocycles. The average Bonchev–Trinajstić information content (AvgIpc) is 2.42. The van der Waals surface area contributed by atoms with Crippen molar-refractivity contribution in [2.75, 3.05) is 26.3 Å². The van der Waals surface area contributed by atoms with Crippen LogP contribution in [0.25, 0.3) is 0 Å². The van der Waals surface area contributed by atoms with E-state index in [1.54, 1.807) is 0 Å². The second-order valence-electron chi connectivity index (χ2n) is 5.69. The van der Waals surface area contributed by atoms with E-state index in [0.29, 0.717) is 0 Å². The molecule has 19 heavy (non-hydrogen) atoms. The van der Waals surface area contributed by atoms with Gasteiger partial charge >= 0.3 is 0 Å². The molecule has 0 aliphatic carbocycles. The molecule has 2 N–H and O–H groups in total. The van der Waals surface area contributed by atoms with E-state index in [2.05, 4.69) is 30.9 Å². The lowest BCUT2D eigenvalue weighted by Gasteiger charge is -2.44. The van der Waals surface area contributed by atoms with Crippen molar-refractivity contribution in [2.45, 2.75) is 31.8 Å². The first kappa shape index (κ1) is 14.8. The average molecular weight is 283 g/mol. The molecule has 0 amide bonds. The maximum Gasteiger partial charge on any atom is 0.0594 e. The molecule has 0 saturated carbocycles. The third-order valence-corrected chi connectivity index (χ3v) is 4.35. The molecule has 1 saturated heterocycles. The van der Waals surface area contributed by atoms with Crippen molar-refractivity contribution in [1.29, 1.82) is 0 Å². The highest BCUT2D eigenvalue weighted by atomic mass is 35.5. The van der Waals surface area contributed by atoms with Crippen LogP contribution in [-0.2, 0) is 11.2 Å². The number of ether oxygens (including phenoxy) is 1. The summed E-state index contributed by atoms with van der Waals surface area (Å²) in [5.41, 5.74) is 7.65. The Balaban J connectivity index is 2.00. The number of nitrogens with zero attached hydrogens (tertiary/aromatic N) is 1. The summed E-state index contributed by atoms with van der Waals surface area (Å²) in [6.45, 7) is 7.97. The topological polar surface area (TPSA) is 38.5 Å². The quantitative estimate of drug-likeness (QED) is 0.921. The second kappa shape index (κ2) is 6.23. The van der Waals surface area contributed by atoms with E-state index in [4.69, 9.17) is 22.1 Å². The van der Waals surface area contributed by atoms with Gasteiger partial charge in [-0.2, -0.15) is 0 Å². The van der Waals surface area contributed by atoms with Crippen LogP contribution < -0.4 is 5.73 Å². The Kier molecular flexibility index (Phi) is 4.85. The van der Waals surface area contributed by atoms with Crippen LogP contribution >= 0.6 is 11.6 Å². The summed E-state index contributed by atoms with van der Waals surface area (Å²) >= 11 is 5.91. The SMILES string of the molecule is CC(C)(C(N)Cc1ccc(Cl)cc1)N1CCOCC1. The number of rotatable bonds is 4. The van der Waals surface area contributed by atoms with Gasteiger partial charge in [0.05, 0.1) is 13.2 Å². The van der Waals surface area contributed by atoms with Gasteiger partial charge in [0.2, 0.25) is 0 Å². The number of morpholine rings is 1. The molecule has 1 heterocycles. The number of benzene rings is 1. The highest BCUT2D eigenvalue weighted by Crippen LogP contribution is 2.22. The largest absolute Gasteiger partial charge is 0.379 e. The molecular formula is C15H23ClN2O. The van der Waals surface area contributed by atoms with Gasteiger partial charge in [-0.05, 0) is 38.0 Å². The van der Waals surface area contributed by atoms with Gasteiger partial charge in [0.25, 0.3) is 0 Å². The normalized spacial score (nSPS) is 19.4. The molecule has 0 spiro atoms. The van der Waals surface area contributed by atoms with Crippen molar-refractivity contribution in [2.24, 2.45) is 5.73 Å². The molecule has 0 bridgehead atoms. The molecule has 1 aromatic carbocycles. The smallest absolute Gasteiger partial charge is 0.0594 e. The molecule has 1 unspecified atom stereocenters. The van der Waals surface area contributed by atoms with Crippen LogP contribution in [0.1, 0.15) is 19.4 Å². The summed E-state index contributed by atoms with van der Waals surface area (Å²) in [6, 6.07) is 8.04. The van der Waals surface area contributed by atoms with Crippen LogP contribution in [0, 0.1) is 0 Å². The van der Waals surface area contributed by atoms with E-state index in [0.717, 1.165) is 37.7 Å². The van der Waals surface area contributed by atoms with E-state index in [1.807, 2.05) is 12.1 Å². The molecule has 4 heteroatoms. The third kappa shape index (κ3) is 3.69. The first-order valence-corrected chi connectivity index (χ1v) is 7.21. The van der Waals surface area contributed by atoms with E-state index < -0.39 is 0 Å². The summed E-state index contributed by atoms with van der Waals surface area (Å²) in [7, 11) is 0. The molecule has 0 radical (unpaired) electrons. The molecule has 1 atom stereocenters. The predicted molar refractivity (Wildman–Crippen MR) is 79.6 cm³/mol. The van der Waals surface area contributed by atoms with Gasteiger partial charge in [-0.1, -0.05) is 23.7 Å². The zero-order valence-electron chi connectivity index (χ0n) is 11.7. The summed E-state index contributed by atoms with van der Waals surface area (Å²) < 4.78 is 5.41. The standard InChI is InChI=1S/C15H23ClN2O/c1-15(2,18-7-9-19-10-8-18)14(17)11-12-3-5-13(16)6-4-12/h3-6,14H,7-11,17H2,1-2H3. The van der Waals surface area contributed by atoms with Gasteiger partial charge in [0.1, 0.15) is 0 Å². The molecule has 106 valence electrons. The van der Waals surface area contributed by atoms with Crippen LogP contribution in [0.2, 0.25) is 5.02 Å². The minimum Gasteiger partial charge on any atom is -0.379 e. The highest BCUT2D eigenvalue weighted by Gasteiger charge is 2.33. The molecular weight excluding hydrogens is 260 g/mol. The van der Waals surface area contributed by atoms with Crippen LogP contribution in [0.5, 0.6) is 0 Å². The van der Waals surface area contributed by atoms with Gasteiger partial charge in [-0.3, -0.25) is 4.90 Å². The fourth-order valence-electron chi connectivity index (χ4n) is 2.50. The first-order chi connectivity index (χ1) is 9.00. The summed E-state index contributed by atoms with van der Waals surface area (Å²) in [4.78, 5) is 2.43. The van der Waals surface area contributed by atoms with E-state index in [-0.39, 0.29) is 11.6 Å². The Morgan fingerprint density at radius 2 is 1.84 bits per heavy atom. The Morgan fingerprint density at radius 1 is 1.26 bits per heavy atom. The van der Waals surface area contributed by atoms with Gasteiger partial charge in [0, 0.05) is 29.7 Å². The summed E-state index contributed by atoms with van der Waals surface area (Å²) in [6.07, 6.45) is 0.863. The molecule has 1 fully saturated rings. The van der Waals surface area contributed by atoms with Crippen molar-refractivity contribution in [1.82, 2.24) is 4.90 Å². The number of hydrogen-bond acceptors (Lipinski definition) is 3. The van der Waals surface area contributed by atoms with E-state index >= 15 is 0 Å². The lowest BCUT2D eigenvalue weighted by atomic mass is 9.88. The van der Waals surface area contributed by atoms with Gasteiger partial charge in [-0.25, -0.2) is 0 Å². The number of halogens is 1. The molecule has 3 nitrogen and oxygen atoms in total. The van der Waals surface area contributed by atoms with E-state index in [1.165, 1.54) is 5.56 Å². The lowest BCUT2D eigenvalue weighted by molar-refractivity contribution is -0.0186. The predicted octanol–water partition coefficient (Wildman–Crippen LogP) is 2.32. The van der Waals surface area contributed by atoms with Crippen molar-refractivity contribution in [3.8, 4) is 0 Å². The van der Waals surface area contributed by atoms with Crippen LogP contribution in [0.15, 0.2) is 24.3 Å². The Bertz CT molecular complexity index is 399. The Labute approximate surface area is 120 Å². The van der Waals surface area contributed by atoms with Gasteiger partial charge in [-0.15, -0.1) is 0 Å². The molecule has 2 rings (SSSR count). The van der Waals surface area contributed by atoms with Crippen molar-refractivity contribution in [3.05, 3.63) is 34.9 Å². The lowest BCUT2D eigenvalue weighted by Crippen LogP contribution is -2.59. The molecule has 1 aliphatic rings. The highest BCUT2D eigenvalue weighted by molar-refractivity contribution is 6.30. The van der Waals surface area contributed by atoms with E-state index in [9.17, 15) is 0 Å². The fourth-order valence-corrected chi connectivity index (χ4v) is 2.62. The monoisotopic (exact) mass is 282 g/mol. The molecule has 1 aromatic rings. The van der Waals surface area contributed by atoms with Gasteiger partial charge < -0.3 is 10.5 Å². The minimum absolute atomic E-state index is 0.0244. The Hall–Kier alpha value is -0.610. The first-order valence-electron chi connectivity index (χ1n) is 6.83. The number of hydrogen-bond donors (Lipinski definition) is 1. The minimum atomic E-state index is -0.0244. The second-order valence-corrected chi connectivity index (χ2v) is 6.13. The zero-order chi connectivity index (χ0) is 13.9. The van der Waals surface area contributed by atoms with Crippen molar-refractivity contribution in [3.63, 3.8) is 0 Å². The maximum atomic E-state index is 6.44. The van der Waals surface area contributed by atoms with Gasteiger partial charge in [0.15, 0.2) is 0 Å². The van der Waals surface area contributed by atoms with Crippen LogP contribution in [0.3, 0.4) is 0 Å².